The van der Waals surface area contributed by atoms with E-state index in [1.54, 1.807) is 24.5 Å². The molecule has 0 fully saturated rings. The largest absolute Gasteiger partial charge is 1.00 e. The summed E-state index contributed by atoms with van der Waals surface area (Å²) in [5.74, 6) is 0.751. The molecule has 0 amide bonds. The predicted molar refractivity (Wildman–Crippen MR) is 107 cm³/mol. The van der Waals surface area contributed by atoms with Crippen molar-refractivity contribution in [1.82, 2.24) is 15.0 Å². The fourth-order valence-corrected chi connectivity index (χ4v) is 3.02. The van der Waals surface area contributed by atoms with E-state index in [2.05, 4.69) is 9.97 Å². The van der Waals surface area contributed by atoms with Gasteiger partial charge in [0.25, 0.3) is 0 Å². The molecule has 0 aliphatic rings. The Balaban J connectivity index is 0.00000225. The molecule has 28 heavy (non-hydrogen) atoms. The average molecular weight is 412 g/mol. The summed E-state index contributed by atoms with van der Waals surface area (Å²) in [6.45, 7) is 0.496. The van der Waals surface area contributed by atoms with Crippen molar-refractivity contribution in [2.45, 2.75) is 6.54 Å². The van der Waals surface area contributed by atoms with E-state index in [1.807, 2.05) is 42.5 Å². The number of nitrogens with two attached hydrogens (primary N) is 1. The van der Waals surface area contributed by atoms with Crippen LogP contribution in [0.3, 0.4) is 0 Å². The van der Waals surface area contributed by atoms with E-state index in [1.165, 1.54) is 0 Å². The van der Waals surface area contributed by atoms with E-state index in [0.29, 0.717) is 11.6 Å². The molecule has 4 rings (SSSR count). The van der Waals surface area contributed by atoms with Gasteiger partial charge in [0.15, 0.2) is 0 Å². The Morgan fingerprint density at radius 3 is 2.25 bits per heavy atom. The highest BCUT2D eigenvalue weighted by atomic mass is 35.5. The van der Waals surface area contributed by atoms with E-state index in [-0.39, 0.29) is 18.2 Å². The summed E-state index contributed by atoms with van der Waals surface area (Å²) >= 11 is 5.96. The van der Waals surface area contributed by atoms with Crippen molar-refractivity contribution in [1.29, 1.82) is 0 Å². The number of nitrogens with one attached hydrogen (secondary N) is 1. The third-order valence-electron chi connectivity index (χ3n) is 4.36. The first-order valence-electron chi connectivity index (χ1n) is 8.44. The molecule has 0 atom stereocenters. The molecule has 0 unspecified atom stereocenters. The van der Waals surface area contributed by atoms with Gasteiger partial charge in [0.2, 0.25) is 0 Å². The third-order valence-corrected chi connectivity index (χ3v) is 4.68. The molecule has 2 aromatic heterocycles. The number of hydrogen-bond donors (Lipinski definition) is 3. The number of phenolic OH excluding ortho intramolecular Hbond substituents is 1. The number of nitrogens with zero attached hydrogens (tertiary/aromatic N) is 2. The summed E-state index contributed by atoms with van der Waals surface area (Å²) in [5, 5.41) is 10.3. The number of aromatic nitrogens is 3. The van der Waals surface area contributed by atoms with E-state index in [9.17, 15) is 5.11 Å². The van der Waals surface area contributed by atoms with Gasteiger partial charge in [-0.25, -0.2) is 4.98 Å². The average Bonchev–Trinajstić information content (AvgIpc) is 3.16. The smallest absolute Gasteiger partial charge is 0.138 e. The zero-order chi connectivity index (χ0) is 18.8. The molecular weight excluding hydrogens is 395 g/mol. The Bertz CT molecular complexity index is 1080. The Hall–Kier alpha value is -2.86. The van der Waals surface area contributed by atoms with Crippen LogP contribution in [0.2, 0.25) is 5.02 Å². The Kier molecular flexibility index (Phi) is 5.99. The number of rotatable bonds is 4. The van der Waals surface area contributed by atoms with Crippen LogP contribution in [-0.2, 0) is 6.54 Å². The Labute approximate surface area is 173 Å². The number of halogens is 2. The van der Waals surface area contributed by atoms with Crippen molar-refractivity contribution in [3.63, 3.8) is 0 Å². The Morgan fingerprint density at radius 1 is 0.929 bits per heavy atom. The van der Waals surface area contributed by atoms with Crippen molar-refractivity contribution in [3.05, 3.63) is 77.6 Å². The second kappa shape index (κ2) is 8.44. The molecule has 7 heteroatoms. The first kappa shape index (κ1) is 19.9. The van der Waals surface area contributed by atoms with E-state index < -0.39 is 0 Å². The normalized spacial score (nSPS) is 10.5. The van der Waals surface area contributed by atoms with Crippen LogP contribution >= 0.6 is 11.6 Å². The third kappa shape index (κ3) is 3.87. The number of imidazole rings is 1. The van der Waals surface area contributed by atoms with Gasteiger partial charge >= 0.3 is 0 Å². The monoisotopic (exact) mass is 411 g/mol. The zero-order valence-corrected chi connectivity index (χ0v) is 16.2. The fraction of sp³-hybridized carbons (Fsp3) is 0.0476. The fourth-order valence-electron chi connectivity index (χ4n) is 2.90. The van der Waals surface area contributed by atoms with Gasteiger partial charge in [0.05, 0.1) is 16.4 Å². The number of phenols is 1. The molecule has 0 spiro atoms. The van der Waals surface area contributed by atoms with Gasteiger partial charge in [0, 0.05) is 35.6 Å². The van der Waals surface area contributed by atoms with Crippen LogP contribution in [0.15, 0.2) is 67.0 Å². The standard InChI is InChI=1S/C21H17ClN4O.ClH/c22-17-6-5-16(11-18(17)27)20-19(14-7-9-24-10-8-14)25-21(26-20)15-3-1-13(12-23)2-4-15;/h1-11,27H,12,23H2,(H,25,26);1H/p-1. The topological polar surface area (TPSA) is 87.8 Å². The molecule has 5 nitrogen and oxygen atoms in total. The second-order valence-corrected chi connectivity index (χ2v) is 6.52. The molecule has 4 aromatic rings. The summed E-state index contributed by atoms with van der Waals surface area (Å²) in [6, 6.07) is 16.9. The molecule has 0 radical (unpaired) electrons. The lowest BCUT2D eigenvalue weighted by atomic mass is 10.1. The molecule has 0 saturated heterocycles. The molecule has 0 bridgehead atoms. The number of H-pyrrole nitrogens is 1. The summed E-state index contributed by atoms with van der Waals surface area (Å²) in [7, 11) is 0. The lowest BCUT2D eigenvalue weighted by Crippen LogP contribution is -3.00. The van der Waals surface area contributed by atoms with Gasteiger partial charge < -0.3 is 28.2 Å². The summed E-state index contributed by atoms with van der Waals surface area (Å²) < 4.78 is 0. The Morgan fingerprint density at radius 2 is 1.61 bits per heavy atom. The highest BCUT2D eigenvalue weighted by molar-refractivity contribution is 6.32. The van der Waals surface area contributed by atoms with E-state index in [4.69, 9.17) is 22.3 Å². The quantitative estimate of drug-likeness (QED) is 0.476. The molecule has 0 aliphatic heterocycles. The van der Waals surface area contributed by atoms with Crippen LogP contribution in [-0.4, -0.2) is 20.1 Å². The number of hydrogen-bond acceptors (Lipinski definition) is 4. The van der Waals surface area contributed by atoms with Crippen LogP contribution in [0.1, 0.15) is 5.56 Å². The first-order chi connectivity index (χ1) is 13.2. The second-order valence-electron chi connectivity index (χ2n) is 6.11. The van der Waals surface area contributed by atoms with Crippen molar-refractivity contribution >= 4 is 11.6 Å². The van der Waals surface area contributed by atoms with Gasteiger partial charge in [-0.2, -0.15) is 0 Å². The number of aromatic hydroxyl groups is 1. The molecule has 0 saturated carbocycles. The minimum Gasteiger partial charge on any atom is -1.00 e. The van der Waals surface area contributed by atoms with Crippen LogP contribution in [0, 0.1) is 0 Å². The highest BCUT2D eigenvalue weighted by Gasteiger charge is 2.16. The summed E-state index contributed by atoms with van der Waals surface area (Å²) in [6.07, 6.45) is 3.46. The lowest BCUT2D eigenvalue weighted by Gasteiger charge is -2.04. The highest BCUT2D eigenvalue weighted by Crippen LogP contribution is 2.36. The predicted octanol–water partition coefficient (Wildman–Crippen LogP) is 1.63. The minimum atomic E-state index is 0. The zero-order valence-electron chi connectivity index (χ0n) is 14.7. The van der Waals surface area contributed by atoms with Crippen LogP contribution in [0.4, 0.5) is 0 Å². The van der Waals surface area contributed by atoms with Crippen molar-refractivity contribution in [2.24, 2.45) is 5.73 Å². The molecular formula is C21H17Cl2N4O-. The minimum absolute atomic E-state index is 0. The maximum absolute atomic E-state index is 10.0. The van der Waals surface area contributed by atoms with E-state index in [0.717, 1.165) is 39.5 Å². The number of aromatic amines is 1. The first-order valence-corrected chi connectivity index (χ1v) is 8.82. The van der Waals surface area contributed by atoms with Crippen LogP contribution < -0.4 is 18.1 Å². The van der Waals surface area contributed by atoms with Crippen molar-refractivity contribution in [3.8, 4) is 39.7 Å². The summed E-state index contributed by atoms with van der Waals surface area (Å²) in [5.41, 5.74) is 11.0. The maximum Gasteiger partial charge on any atom is 0.138 e. The van der Waals surface area contributed by atoms with Crippen molar-refractivity contribution in [2.75, 3.05) is 0 Å². The summed E-state index contributed by atoms with van der Waals surface area (Å²) in [4.78, 5) is 12.3. The van der Waals surface area contributed by atoms with E-state index >= 15 is 0 Å². The van der Waals surface area contributed by atoms with Crippen LogP contribution in [0.5, 0.6) is 5.75 Å². The molecule has 142 valence electrons. The van der Waals surface area contributed by atoms with Gasteiger partial charge in [-0.3, -0.25) is 4.98 Å². The SMILES string of the molecule is NCc1ccc(-c2nc(-c3ccc(Cl)c(O)c3)c(-c3ccncc3)[nH]2)cc1.[Cl-]. The molecule has 2 heterocycles. The molecule has 4 N–H and O–H groups in total. The molecule has 2 aromatic carbocycles. The molecule has 0 aliphatic carbocycles. The maximum atomic E-state index is 10.0. The van der Waals surface area contributed by atoms with Gasteiger partial charge in [-0.1, -0.05) is 41.9 Å². The lowest BCUT2D eigenvalue weighted by molar-refractivity contribution is -0.00000648. The number of pyridine rings is 1. The van der Waals surface area contributed by atoms with Crippen molar-refractivity contribution < 1.29 is 17.5 Å². The van der Waals surface area contributed by atoms with Gasteiger partial charge in [-0.05, 0) is 29.8 Å². The van der Waals surface area contributed by atoms with Gasteiger partial charge in [0.1, 0.15) is 11.6 Å². The van der Waals surface area contributed by atoms with Crippen LogP contribution in [0.25, 0.3) is 33.9 Å². The number of benzene rings is 2. The van der Waals surface area contributed by atoms with Gasteiger partial charge in [-0.15, -0.1) is 0 Å².